The van der Waals surface area contributed by atoms with Crippen molar-refractivity contribution >= 4 is 23.2 Å². The van der Waals surface area contributed by atoms with Crippen LogP contribution in [0.1, 0.15) is 10.4 Å². The van der Waals surface area contributed by atoms with E-state index in [4.69, 9.17) is 16.3 Å². The van der Waals surface area contributed by atoms with E-state index in [-0.39, 0.29) is 5.91 Å². The van der Waals surface area contributed by atoms with Gasteiger partial charge in [-0.3, -0.25) is 4.79 Å². The first-order chi connectivity index (χ1) is 14.2. The van der Waals surface area contributed by atoms with Gasteiger partial charge in [-0.1, -0.05) is 72.3 Å². The standard InChI is InChI=1S/C25H18ClNO2/c26-21-15-16-24(29-22-9-5-2-6-10-22)23(17-21)27-25(28)20-13-11-19(12-14-20)18-7-3-1-4-8-18/h1-17H,(H,27,28). The monoisotopic (exact) mass is 399 g/mol. The van der Waals surface area contributed by atoms with Gasteiger partial charge < -0.3 is 10.1 Å². The zero-order valence-corrected chi connectivity index (χ0v) is 16.3. The van der Waals surface area contributed by atoms with Gasteiger partial charge in [-0.15, -0.1) is 0 Å². The van der Waals surface area contributed by atoms with Crippen LogP contribution in [0.2, 0.25) is 5.02 Å². The summed E-state index contributed by atoms with van der Waals surface area (Å²) in [5.74, 6) is 0.970. The van der Waals surface area contributed by atoms with Gasteiger partial charge in [0, 0.05) is 10.6 Å². The van der Waals surface area contributed by atoms with Crippen molar-refractivity contribution in [3.8, 4) is 22.6 Å². The van der Waals surface area contributed by atoms with Crippen molar-refractivity contribution in [3.05, 3.63) is 114 Å². The molecular formula is C25H18ClNO2. The molecule has 4 heteroatoms. The van der Waals surface area contributed by atoms with Crippen molar-refractivity contribution in [2.75, 3.05) is 5.32 Å². The van der Waals surface area contributed by atoms with Gasteiger partial charge in [0.25, 0.3) is 5.91 Å². The van der Waals surface area contributed by atoms with Crippen LogP contribution in [0.5, 0.6) is 11.5 Å². The van der Waals surface area contributed by atoms with Crippen molar-refractivity contribution in [1.82, 2.24) is 0 Å². The van der Waals surface area contributed by atoms with Crippen LogP contribution in [0.15, 0.2) is 103 Å². The second-order valence-corrected chi connectivity index (χ2v) is 6.89. The molecule has 0 aliphatic rings. The summed E-state index contributed by atoms with van der Waals surface area (Å²) in [6.07, 6.45) is 0. The first-order valence-corrected chi connectivity index (χ1v) is 9.56. The minimum absolute atomic E-state index is 0.232. The van der Waals surface area contributed by atoms with Gasteiger partial charge in [0.2, 0.25) is 0 Å². The van der Waals surface area contributed by atoms with E-state index in [2.05, 4.69) is 5.32 Å². The van der Waals surface area contributed by atoms with Gasteiger partial charge in [0.05, 0.1) is 5.69 Å². The maximum Gasteiger partial charge on any atom is 0.255 e. The first kappa shape index (κ1) is 18.8. The van der Waals surface area contributed by atoms with Gasteiger partial charge in [-0.2, -0.15) is 0 Å². The molecule has 4 rings (SSSR count). The lowest BCUT2D eigenvalue weighted by Crippen LogP contribution is -2.12. The van der Waals surface area contributed by atoms with Crippen molar-refractivity contribution in [2.45, 2.75) is 0 Å². The van der Waals surface area contributed by atoms with Gasteiger partial charge in [0.15, 0.2) is 5.75 Å². The van der Waals surface area contributed by atoms with Crippen LogP contribution in [-0.2, 0) is 0 Å². The highest BCUT2D eigenvalue weighted by Crippen LogP contribution is 2.32. The summed E-state index contributed by atoms with van der Waals surface area (Å²) < 4.78 is 5.90. The molecule has 1 N–H and O–H groups in total. The second kappa shape index (κ2) is 8.63. The van der Waals surface area contributed by atoms with Crippen LogP contribution < -0.4 is 10.1 Å². The minimum atomic E-state index is -0.232. The third kappa shape index (κ3) is 4.65. The molecule has 0 unspecified atom stereocenters. The average Bonchev–Trinajstić information content (AvgIpc) is 2.77. The number of benzene rings is 4. The number of hydrogen-bond donors (Lipinski definition) is 1. The maximum atomic E-state index is 12.8. The number of rotatable bonds is 5. The van der Waals surface area contributed by atoms with Crippen LogP contribution in [0.3, 0.4) is 0 Å². The molecule has 142 valence electrons. The summed E-state index contributed by atoms with van der Waals surface area (Å²) in [5.41, 5.74) is 3.22. The van der Waals surface area contributed by atoms with E-state index in [1.165, 1.54) is 0 Å². The van der Waals surface area contributed by atoms with Gasteiger partial charge in [0.1, 0.15) is 5.75 Å². The van der Waals surface area contributed by atoms with Gasteiger partial charge in [-0.25, -0.2) is 0 Å². The van der Waals surface area contributed by atoms with Crippen LogP contribution in [0.4, 0.5) is 5.69 Å². The molecule has 0 spiro atoms. The van der Waals surface area contributed by atoms with Crippen molar-refractivity contribution < 1.29 is 9.53 Å². The van der Waals surface area contributed by atoms with E-state index in [0.29, 0.717) is 27.8 Å². The van der Waals surface area contributed by atoms with E-state index in [1.54, 1.807) is 30.3 Å². The number of para-hydroxylation sites is 1. The predicted octanol–water partition coefficient (Wildman–Crippen LogP) is 7.05. The number of nitrogens with one attached hydrogen (secondary N) is 1. The normalized spacial score (nSPS) is 10.4. The van der Waals surface area contributed by atoms with Crippen molar-refractivity contribution in [3.63, 3.8) is 0 Å². The molecule has 0 radical (unpaired) electrons. The van der Waals surface area contributed by atoms with Gasteiger partial charge in [-0.05, 0) is 53.6 Å². The summed E-state index contributed by atoms with van der Waals surface area (Å²) in [4.78, 5) is 12.8. The number of amides is 1. The molecule has 0 saturated heterocycles. The lowest BCUT2D eigenvalue weighted by atomic mass is 10.0. The molecule has 4 aromatic carbocycles. The highest BCUT2D eigenvalue weighted by atomic mass is 35.5. The van der Waals surface area contributed by atoms with Crippen LogP contribution in [0.25, 0.3) is 11.1 Å². The van der Waals surface area contributed by atoms with E-state index < -0.39 is 0 Å². The molecule has 0 aromatic heterocycles. The number of carbonyl (C=O) groups excluding carboxylic acids is 1. The summed E-state index contributed by atoms with van der Waals surface area (Å²) >= 11 is 6.13. The van der Waals surface area contributed by atoms with Gasteiger partial charge >= 0.3 is 0 Å². The fourth-order valence-electron chi connectivity index (χ4n) is 2.94. The Morgan fingerprint density at radius 2 is 1.34 bits per heavy atom. The molecule has 0 bridgehead atoms. The van der Waals surface area contributed by atoms with E-state index in [9.17, 15) is 4.79 Å². The fraction of sp³-hybridized carbons (Fsp3) is 0. The highest BCUT2D eigenvalue weighted by molar-refractivity contribution is 6.31. The SMILES string of the molecule is O=C(Nc1cc(Cl)ccc1Oc1ccccc1)c1ccc(-c2ccccc2)cc1. The highest BCUT2D eigenvalue weighted by Gasteiger charge is 2.12. The minimum Gasteiger partial charge on any atom is -0.455 e. The molecule has 0 aliphatic heterocycles. The molecule has 0 fully saturated rings. The summed E-state index contributed by atoms with van der Waals surface area (Å²) in [6.45, 7) is 0. The Morgan fingerprint density at radius 1 is 0.724 bits per heavy atom. The number of ether oxygens (including phenoxy) is 1. The van der Waals surface area contributed by atoms with Crippen LogP contribution in [-0.4, -0.2) is 5.91 Å². The first-order valence-electron chi connectivity index (χ1n) is 9.18. The Hall–Kier alpha value is -3.56. The Kier molecular flexibility index (Phi) is 5.59. The van der Waals surface area contributed by atoms with E-state index >= 15 is 0 Å². The molecular weight excluding hydrogens is 382 g/mol. The number of carbonyl (C=O) groups is 1. The fourth-order valence-corrected chi connectivity index (χ4v) is 3.12. The maximum absolute atomic E-state index is 12.8. The molecule has 29 heavy (non-hydrogen) atoms. The Labute approximate surface area is 174 Å². The molecule has 0 saturated carbocycles. The topological polar surface area (TPSA) is 38.3 Å². The predicted molar refractivity (Wildman–Crippen MR) is 118 cm³/mol. The van der Waals surface area contributed by atoms with Crippen LogP contribution >= 0.6 is 11.6 Å². The zero-order valence-electron chi connectivity index (χ0n) is 15.5. The number of halogens is 1. The number of hydrogen-bond acceptors (Lipinski definition) is 2. The quantitative estimate of drug-likeness (QED) is 0.390. The third-order valence-corrected chi connectivity index (χ3v) is 4.65. The summed E-state index contributed by atoms with van der Waals surface area (Å²) in [5, 5.41) is 3.41. The zero-order chi connectivity index (χ0) is 20.1. The molecule has 0 heterocycles. The largest absolute Gasteiger partial charge is 0.455 e. The molecule has 0 aliphatic carbocycles. The molecule has 4 aromatic rings. The van der Waals surface area contributed by atoms with Crippen molar-refractivity contribution in [2.24, 2.45) is 0 Å². The third-order valence-electron chi connectivity index (χ3n) is 4.42. The lowest BCUT2D eigenvalue weighted by molar-refractivity contribution is 0.102. The lowest BCUT2D eigenvalue weighted by Gasteiger charge is -2.13. The molecule has 3 nitrogen and oxygen atoms in total. The van der Waals surface area contributed by atoms with Crippen molar-refractivity contribution in [1.29, 1.82) is 0 Å². The van der Waals surface area contributed by atoms with E-state index in [0.717, 1.165) is 11.1 Å². The summed E-state index contributed by atoms with van der Waals surface area (Å²) in [7, 11) is 0. The van der Waals surface area contributed by atoms with E-state index in [1.807, 2.05) is 72.8 Å². The molecule has 1 amide bonds. The Morgan fingerprint density at radius 3 is 2.03 bits per heavy atom. The Balaban J connectivity index is 1.54. The average molecular weight is 400 g/mol. The second-order valence-electron chi connectivity index (χ2n) is 6.45. The summed E-state index contributed by atoms with van der Waals surface area (Å²) in [6, 6.07) is 32.0. The molecule has 0 atom stereocenters. The van der Waals surface area contributed by atoms with Crippen LogP contribution in [0, 0.1) is 0 Å². The smallest absolute Gasteiger partial charge is 0.255 e. The number of anilines is 1. The Bertz CT molecular complexity index is 1110.